The van der Waals surface area contributed by atoms with Gasteiger partial charge < -0.3 is 0 Å². The molecule has 0 bridgehead atoms. The molecule has 1 aliphatic carbocycles. The molecule has 0 aliphatic heterocycles. The first-order chi connectivity index (χ1) is 10.1. The summed E-state index contributed by atoms with van der Waals surface area (Å²) in [6, 6.07) is 10.4. The van der Waals surface area contributed by atoms with E-state index in [1.54, 1.807) is 0 Å². The summed E-state index contributed by atoms with van der Waals surface area (Å²) < 4.78 is 7.92. The zero-order chi connectivity index (χ0) is 15.2. The molecule has 6 heteroatoms. The average molecular weight is 690 g/mol. The van der Waals surface area contributed by atoms with Crippen molar-refractivity contribution in [3.8, 4) is 0 Å². The van der Waals surface area contributed by atoms with Crippen LogP contribution in [0.5, 0.6) is 0 Å². The number of benzene rings is 1. The molecule has 1 aromatic carbocycles. The van der Waals surface area contributed by atoms with Crippen LogP contribution in [0.2, 0.25) is 0 Å². The predicted molar refractivity (Wildman–Crippen MR) is 99.4 cm³/mol. The average Bonchev–Trinajstić information content (AvgIpc) is 3.22. The molecule has 0 spiro atoms. The van der Waals surface area contributed by atoms with Gasteiger partial charge in [-0.05, 0) is 5.56 Å². The van der Waals surface area contributed by atoms with Crippen molar-refractivity contribution in [3.63, 3.8) is 0 Å². The van der Waals surface area contributed by atoms with Gasteiger partial charge in [0, 0.05) is 52.3 Å². The van der Waals surface area contributed by atoms with Gasteiger partial charge in [0.15, 0.2) is 0 Å². The van der Waals surface area contributed by atoms with Gasteiger partial charge in [-0.15, -0.1) is 0 Å². The second-order valence-corrected chi connectivity index (χ2v) is 10.4. The SMILES string of the molecule is Cn1ccn(CC2CC2)[c]1=[Pt].IN(I)Cc1ccccc1. The van der Waals surface area contributed by atoms with E-state index in [1.807, 2.05) is 6.07 Å². The van der Waals surface area contributed by atoms with E-state index >= 15 is 0 Å². The molecule has 1 saturated carbocycles. The van der Waals surface area contributed by atoms with Crippen molar-refractivity contribution in [1.29, 1.82) is 0 Å². The predicted octanol–water partition coefficient (Wildman–Crippen LogP) is 4.50. The third kappa shape index (κ3) is 6.67. The van der Waals surface area contributed by atoms with Crippen LogP contribution in [0.3, 0.4) is 0 Å². The van der Waals surface area contributed by atoms with E-state index in [0.29, 0.717) is 0 Å². The van der Waals surface area contributed by atoms with E-state index in [9.17, 15) is 0 Å². The number of halogens is 2. The second-order valence-electron chi connectivity index (χ2n) is 5.19. The summed E-state index contributed by atoms with van der Waals surface area (Å²) in [4.78, 5) is 0. The number of rotatable bonds is 4. The minimum atomic E-state index is 0.969. The molecule has 3 nitrogen and oxygen atoms in total. The molecule has 1 heterocycles. The molecule has 0 amide bonds. The van der Waals surface area contributed by atoms with Crippen LogP contribution in [0.4, 0.5) is 0 Å². The van der Waals surface area contributed by atoms with Gasteiger partial charge >= 0.3 is 77.0 Å². The molecule has 21 heavy (non-hydrogen) atoms. The number of hydrogen-bond acceptors (Lipinski definition) is 1. The summed E-state index contributed by atoms with van der Waals surface area (Å²) in [5.41, 5.74) is 1.35. The van der Waals surface area contributed by atoms with E-state index < -0.39 is 0 Å². The van der Waals surface area contributed by atoms with Crippen LogP contribution in [0, 0.1) is 9.72 Å². The van der Waals surface area contributed by atoms with E-state index in [4.69, 9.17) is 0 Å². The van der Waals surface area contributed by atoms with Crippen LogP contribution in [0.1, 0.15) is 18.4 Å². The van der Waals surface area contributed by atoms with Gasteiger partial charge in [-0.2, -0.15) is 1.33 Å². The van der Waals surface area contributed by atoms with Gasteiger partial charge in [0.25, 0.3) is 0 Å². The van der Waals surface area contributed by atoms with Gasteiger partial charge in [0.2, 0.25) is 0 Å². The third-order valence-electron chi connectivity index (χ3n) is 3.26. The van der Waals surface area contributed by atoms with Crippen molar-refractivity contribution in [1.82, 2.24) is 10.5 Å². The number of imidazole rings is 1. The third-order valence-corrected chi connectivity index (χ3v) is 5.39. The summed E-state index contributed by atoms with van der Waals surface area (Å²) in [7, 11) is 2.09. The maximum Gasteiger partial charge on any atom is 0.0435 e. The number of aryl methyl sites for hydroxylation is 1. The van der Waals surface area contributed by atoms with E-state index in [1.165, 1.54) is 28.8 Å². The Balaban J connectivity index is 0.000000155. The van der Waals surface area contributed by atoms with E-state index in [0.717, 1.165) is 12.5 Å². The van der Waals surface area contributed by atoms with Crippen molar-refractivity contribution in [2.24, 2.45) is 13.0 Å². The van der Waals surface area contributed by atoms with Crippen LogP contribution < -0.4 is 0 Å². The maximum atomic E-state index is 2.37. The van der Waals surface area contributed by atoms with Crippen molar-refractivity contribution in [3.05, 3.63) is 52.1 Å². The monoisotopic (exact) mass is 690 g/mol. The quantitative estimate of drug-likeness (QED) is 0.341. The summed E-state index contributed by atoms with van der Waals surface area (Å²) in [5.74, 6) is 0.969. The molecule has 0 unspecified atom stereocenters. The molecule has 2 aromatic rings. The maximum absolute atomic E-state index is 2.37. The van der Waals surface area contributed by atoms with Crippen molar-refractivity contribution in [2.45, 2.75) is 25.9 Å². The Bertz CT molecular complexity index is 603. The Kier molecular flexibility index (Phi) is 7.65. The molecule has 0 N–H and O–H groups in total. The molecule has 1 aliphatic rings. The Morgan fingerprint density at radius 1 is 1.19 bits per heavy atom. The van der Waals surface area contributed by atoms with Gasteiger partial charge in [-0.1, -0.05) is 30.3 Å². The zero-order valence-electron chi connectivity index (χ0n) is 11.9. The van der Waals surface area contributed by atoms with Gasteiger partial charge in [0.05, 0.1) is 0 Å². The van der Waals surface area contributed by atoms with E-state index in [-0.39, 0.29) is 0 Å². The van der Waals surface area contributed by atoms with E-state index in [2.05, 4.69) is 119 Å². The minimum absolute atomic E-state index is 0.969. The fraction of sp³-hybridized carbons (Fsp3) is 0.400. The van der Waals surface area contributed by atoms with Crippen LogP contribution >= 0.6 is 45.7 Å². The van der Waals surface area contributed by atoms with Crippen LogP contribution in [-0.4, -0.2) is 10.5 Å². The summed E-state index contributed by atoms with van der Waals surface area (Å²) in [6.07, 6.45) is 7.14. The topological polar surface area (TPSA) is 13.1 Å². The van der Waals surface area contributed by atoms with Gasteiger partial charge in [-0.3, -0.25) is 0 Å². The molecule has 0 radical (unpaired) electrons. The van der Waals surface area contributed by atoms with Crippen molar-refractivity contribution in [2.75, 3.05) is 0 Å². The standard InChI is InChI=1S/C8H12N2.C7H7I2N.Pt/c1-9-4-5-10(7-9)6-8-2-3-8;8-10(9)6-7-4-2-1-3-5-7;/h4-5,8H,2-3,6H2,1H3;1-5H,6H2;. The largest absolute Gasteiger partial charge is 0.184 e. The number of nitrogens with zero attached hydrogens (tertiary/aromatic N) is 3. The van der Waals surface area contributed by atoms with Gasteiger partial charge in [-0.25, -0.2) is 0 Å². The zero-order valence-corrected chi connectivity index (χ0v) is 18.4. The normalized spacial score (nSPS) is 14.0. The molecule has 1 fully saturated rings. The van der Waals surface area contributed by atoms with Crippen LogP contribution in [0.25, 0.3) is 0 Å². The first-order valence-electron chi connectivity index (χ1n) is 6.86. The van der Waals surface area contributed by atoms with Crippen molar-refractivity contribution < 1.29 is 19.4 Å². The fourth-order valence-corrected chi connectivity index (χ4v) is 3.26. The second kappa shape index (κ2) is 8.99. The first kappa shape index (κ1) is 17.9. The Morgan fingerprint density at radius 3 is 2.33 bits per heavy atom. The Morgan fingerprint density at radius 2 is 1.86 bits per heavy atom. The van der Waals surface area contributed by atoms with Gasteiger partial charge in [0.1, 0.15) is 0 Å². The molecular formula is C15H19I2N3Pt. The number of aromatic nitrogens is 2. The summed E-state index contributed by atoms with van der Waals surface area (Å²) in [6.45, 7) is 2.22. The van der Waals surface area contributed by atoms with Crippen LogP contribution in [0.15, 0.2) is 42.7 Å². The molecule has 3 rings (SSSR count). The summed E-state index contributed by atoms with van der Waals surface area (Å²) >= 11 is 6.90. The minimum Gasteiger partial charge on any atom is -0.184 e. The molecule has 0 saturated heterocycles. The molecular weight excluding hydrogens is 671 g/mol. The summed E-state index contributed by atoms with van der Waals surface area (Å²) in [5, 5.41) is 0. The Hall–Kier alpha value is 0.538. The fourth-order valence-electron chi connectivity index (χ4n) is 1.93. The molecule has 0 atom stereocenters. The van der Waals surface area contributed by atoms with Crippen molar-refractivity contribution >= 4 is 45.7 Å². The Labute approximate surface area is 165 Å². The smallest absolute Gasteiger partial charge is 0.0435 e. The van der Waals surface area contributed by atoms with Crippen LogP contribution in [-0.2, 0) is 39.5 Å². The molecule has 118 valence electrons. The molecule has 1 aromatic heterocycles. The number of hydrogen-bond donors (Lipinski definition) is 0. The first-order valence-corrected chi connectivity index (χ1v) is 9.93.